The van der Waals surface area contributed by atoms with Crippen molar-refractivity contribution in [3.05, 3.63) is 68.5 Å². The van der Waals surface area contributed by atoms with Crippen LogP contribution >= 0.6 is 11.3 Å². The molecule has 0 N–H and O–H groups in total. The first-order chi connectivity index (χ1) is 14.4. The zero-order valence-corrected chi connectivity index (χ0v) is 17.2. The molecule has 1 heterocycles. The van der Waals surface area contributed by atoms with Crippen LogP contribution < -0.4 is 4.80 Å². The average Bonchev–Trinajstić information content (AvgIpc) is 3.08. The van der Waals surface area contributed by atoms with Gasteiger partial charge >= 0.3 is 5.97 Å². The molecular weight excluding hydrogens is 410 g/mol. The number of carbonyl (C=O) groups is 2. The largest absolute Gasteiger partial charge is 0.462 e. The van der Waals surface area contributed by atoms with Crippen LogP contribution in [-0.4, -0.2) is 41.7 Å². The van der Waals surface area contributed by atoms with Crippen LogP contribution in [0.4, 0.5) is 5.69 Å². The van der Waals surface area contributed by atoms with Crippen molar-refractivity contribution in [1.29, 1.82) is 0 Å². The number of methoxy groups -OCH3 is 1. The Hall–Kier alpha value is -3.37. The van der Waals surface area contributed by atoms with Crippen LogP contribution in [0, 0.1) is 10.1 Å². The third kappa shape index (κ3) is 4.61. The Morgan fingerprint density at radius 2 is 2.00 bits per heavy atom. The summed E-state index contributed by atoms with van der Waals surface area (Å²) in [4.78, 5) is 39.7. The number of hydrogen-bond donors (Lipinski definition) is 0. The second-order valence-electron chi connectivity index (χ2n) is 6.16. The van der Waals surface area contributed by atoms with Crippen LogP contribution in [-0.2, 0) is 16.0 Å². The van der Waals surface area contributed by atoms with Crippen molar-refractivity contribution < 1.29 is 24.0 Å². The van der Waals surface area contributed by atoms with Crippen LogP contribution in [0.3, 0.4) is 0 Å². The van der Waals surface area contributed by atoms with Gasteiger partial charge in [0.1, 0.15) is 0 Å². The van der Waals surface area contributed by atoms with Crippen molar-refractivity contribution in [2.45, 2.75) is 13.5 Å². The second kappa shape index (κ2) is 9.42. The zero-order chi connectivity index (χ0) is 21.7. The number of amides is 1. The van der Waals surface area contributed by atoms with Gasteiger partial charge in [-0.05, 0) is 31.2 Å². The summed E-state index contributed by atoms with van der Waals surface area (Å²) in [6.07, 6.45) is 0. The molecule has 0 saturated carbocycles. The van der Waals surface area contributed by atoms with Gasteiger partial charge < -0.3 is 14.0 Å². The summed E-state index contributed by atoms with van der Waals surface area (Å²) < 4.78 is 12.8. The quantitative estimate of drug-likeness (QED) is 0.324. The zero-order valence-electron chi connectivity index (χ0n) is 16.4. The molecule has 0 unspecified atom stereocenters. The molecule has 10 heteroatoms. The van der Waals surface area contributed by atoms with Gasteiger partial charge in [0.25, 0.3) is 11.6 Å². The monoisotopic (exact) mass is 429 g/mol. The van der Waals surface area contributed by atoms with E-state index < -0.39 is 16.8 Å². The third-order valence-electron chi connectivity index (χ3n) is 4.21. The number of ether oxygens (including phenoxy) is 2. The summed E-state index contributed by atoms with van der Waals surface area (Å²) in [6, 6.07) is 10.5. The predicted octanol–water partition coefficient (Wildman–Crippen LogP) is 3.18. The number of nitro groups is 1. The van der Waals surface area contributed by atoms with E-state index in [0.29, 0.717) is 23.5 Å². The minimum Gasteiger partial charge on any atom is -0.462 e. The van der Waals surface area contributed by atoms with Gasteiger partial charge in [-0.2, -0.15) is 4.99 Å². The minimum absolute atomic E-state index is 0.118. The fourth-order valence-corrected chi connectivity index (χ4v) is 3.90. The van der Waals surface area contributed by atoms with Crippen molar-refractivity contribution in [3.63, 3.8) is 0 Å². The summed E-state index contributed by atoms with van der Waals surface area (Å²) in [5.74, 6) is -1.02. The highest BCUT2D eigenvalue weighted by molar-refractivity contribution is 7.16. The van der Waals surface area contributed by atoms with Crippen molar-refractivity contribution in [3.8, 4) is 0 Å². The van der Waals surface area contributed by atoms with Crippen molar-refractivity contribution >= 4 is 39.1 Å². The van der Waals surface area contributed by atoms with Gasteiger partial charge in [0.05, 0.1) is 33.9 Å². The van der Waals surface area contributed by atoms with E-state index in [2.05, 4.69) is 4.99 Å². The molecular formula is C20H19N3O6S. The Labute approximate surface area is 175 Å². The fourth-order valence-electron chi connectivity index (χ4n) is 2.80. The molecule has 3 rings (SSSR count). The SMILES string of the molecule is CCOC(=O)c1ccc2c(c1)sc(=NC(=O)c1cccc([N+](=O)[O-])c1)n2CCOC. The van der Waals surface area contributed by atoms with Gasteiger partial charge in [0.2, 0.25) is 0 Å². The lowest BCUT2D eigenvalue weighted by molar-refractivity contribution is -0.384. The maximum atomic E-state index is 12.7. The lowest BCUT2D eigenvalue weighted by Crippen LogP contribution is -2.19. The summed E-state index contributed by atoms with van der Waals surface area (Å²) in [6.45, 7) is 2.84. The Balaban J connectivity index is 2.08. The average molecular weight is 429 g/mol. The standard InChI is InChI=1S/C20H19N3O6S/c1-3-29-19(25)14-7-8-16-17(12-14)30-20(22(16)9-10-28-2)21-18(24)13-5-4-6-15(11-13)23(26)27/h4-8,11-12H,3,9-10H2,1-2H3. The third-order valence-corrected chi connectivity index (χ3v) is 5.26. The molecule has 0 aliphatic carbocycles. The molecule has 30 heavy (non-hydrogen) atoms. The highest BCUT2D eigenvalue weighted by Gasteiger charge is 2.14. The number of benzene rings is 2. The molecule has 3 aromatic rings. The number of nitro benzene ring substituents is 1. The Bertz CT molecular complexity index is 1180. The number of hydrogen-bond acceptors (Lipinski definition) is 7. The first kappa shape index (κ1) is 21.3. The Morgan fingerprint density at radius 3 is 2.70 bits per heavy atom. The van der Waals surface area contributed by atoms with E-state index >= 15 is 0 Å². The van der Waals surface area contributed by atoms with Crippen LogP contribution in [0.15, 0.2) is 47.5 Å². The molecule has 9 nitrogen and oxygen atoms in total. The molecule has 0 bridgehead atoms. The maximum absolute atomic E-state index is 12.7. The first-order valence-corrected chi connectivity index (χ1v) is 9.89. The summed E-state index contributed by atoms with van der Waals surface area (Å²) in [7, 11) is 1.57. The van der Waals surface area contributed by atoms with Crippen LogP contribution in [0.25, 0.3) is 10.2 Å². The number of fused-ring (bicyclic) bond motifs is 1. The topological polar surface area (TPSA) is 113 Å². The van der Waals surface area contributed by atoms with E-state index in [1.165, 1.54) is 35.6 Å². The van der Waals surface area contributed by atoms with E-state index in [1.54, 1.807) is 32.2 Å². The van der Waals surface area contributed by atoms with E-state index in [9.17, 15) is 19.7 Å². The molecule has 0 aliphatic heterocycles. The normalized spacial score (nSPS) is 11.6. The number of rotatable bonds is 7. The van der Waals surface area contributed by atoms with E-state index in [0.717, 1.165) is 10.2 Å². The fraction of sp³-hybridized carbons (Fsp3) is 0.250. The number of nitrogens with zero attached hydrogens (tertiary/aromatic N) is 3. The smallest absolute Gasteiger partial charge is 0.338 e. The highest BCUT2D eigenvalue weighted by atomic mass is 32.1. The summed E-state index contributed by atoms with van der Waals surface area (Å²) in [5.41, 5.74) is 1.13. The van der Waals surface area contributed by atoms with Crippen LogP contribution in [0.5, 0.6) is 0 Å². The first-order valence-electron chi connectivity index (χ1n) is 9.07. The molecule has 156 valence electrons. The van der Waals surface area contributed by atoms with Crippen LogP contribution in [0.1, 0.15) is 27.6 Å². The van der Waals surface area contributed by atoms with Crippen molar-refractivity contribution in [1.82, 2.24) is 4.57 Å². The maximum Gasteiger partial charge on any atom is 0.338 e. The second-order valence-corrected chi connectivity index (χ2v) is 7.17. The van der Waals surface area contributed by atoms with Crippen LogP contribution in [0.2, 0.25) is 0 Å². The van der Waals surface area contributed by atoms with E-state index in [1.807, 2.05) is 4.57 Å². The van der Waals surface area contributed by atoms with Gasteiger partial charge in [-0.25, -0.2) is 4.79 Å². The van der Waals surface area contributed by atoms with Gasteiger partial charge in [0.15, 0.2) is 4.80 Å². The lowest BCUT2D eigenvalue weighted by atomic mass is 10.2. The van der Waals surface area contributed by atoms with E-state index in [-0.39, 0.29) is 17.9 Å². The lowest BCUT2D eigenvalue weighted by Gasteiger charge is -2.05. The van der Waals surface area contributed by atoms with Gasteiger partial charge in [-0.3, -0.25) is 14.9 Å². The highest BCUT2D eigenvalue weighted by Crippen LogP contribution is 2.20. The number of non-ortho nitro benzene ring substituents is 1. The Kier molecular flexibility index (Phi) is 6.70. The molecule has 0 radical (unpaired) electrons. The molecule has 0 fully saturated rings. The summed E-state index contributed by atoms with van der Waals surface area (Å²) >= 11 is 1.24. The van der Waals surface area contributed by atoms with E-state index in [4.69, 9.17) is 9.47 Å². The molecule has 0 spiro atoms. The Morgan fingerprint density at radius 1 is 1.20 bits per heavy atom. The van der Waals surface area contributed by atoms with Gasteiger partial charge in [-0.1, -0.05) is 17.4 Å². The molecule has 0 aliphatic rings. The predicted molar refractivity (Wildman–Crippen MR) is 111 cm³/mol. The summed E-state index contributed by atoms with van der Waals surface area (Å²) in [5, 5.41) is 11.0. The number of thiazole rings is 1. The molecule has 1 aromatic heterocycles. The van der Waals surface area contributed by atoms with Gasteiger partial charge in [-0.15, -0.1) is 0 Å². The minimum atomic E-state index is -0.595. The molecule has 0 atom stereocenters. The number of esters is 1. The molecule has 2 aromatic carbocycles. The molecule has 0 saturated heterocycles. The van der Waals surface area contributed by atoms with Crippen molar-refractivity contribution in [2.75, 3.05) is 20.3 Å². The number of carbonyl (C=O) groups excluding carboxylic acids is 2. The van der Waals surface area contributed by atoms with Gasteiger partial charge in [0, 0.05) is 31.4 Å². The van der Waals surface area contributed by atoms with Crippen molar-refractivity contribution in [2.24, 2.45) is 4.99 Å². The molecule has 1 amide bonds. The number of aromatic nitrogens is 1.